The monoisotopic (exact) mass is 861 g/mol. The highest BCUT2D eigenvalue weighted by atomic mass is 16.7. The minimum Gasteiger partial charge on any atom is -0.459 e. The molecule has 0 saturated carbocycles. The zero-order chi connectivity index (χ0) is 45.1. The first kappa shape index (κ1) is 50.8. The molecule has 0 bridgehead atoms. The Balaban J connectivity index is 1.80. The summed E-state index contributed by atoms with van der Waals surface area (Å²) in [4.78, 5) is 45.6. The van der Waals surface area contributed by atoms with Gasteiger partial charge < -0.3 is 63.2 Å². The minimum atomic E-state index is -2.00. The van der Waals surface area contributed by atoms with Crippen LogP contribution in [0.25, 0.3) is 0 Å². The number of amides is 1. The van der Waals surface area contributed by atoms with Gasteiger partial charge in [0.2, 0.25) is 5.91 Å². The summed E-state index contributed by atoms with van der Waals surface area (Å²) in [5.74, 6) is -4.99. The van der Waals surface area contributed by atoms with Crippen LogP contribution in [0.3, 0.4) is 0 Å². The van der Waals surface area contributed by atoms with E-state index in [2.05, 4.69) is 0 Å². The van der Waals surface area contributed by atoms with Crippen molar-refractivity contribution in [3.05, 3.63) is 0 Å². The van der Waals surface area contributed by atoms with Crippen molar-refractivity contribution in [2.45, 2.75) is 179 Å². The number of likely N-dealkylation sites (N-methyl/N-ethyl adjacent to an activating group) is 1. The lowest BCUT2D eigenvalue weighted by Crippen LogP contribution is -2.62. The number of morpholine rings is 1. The van der Waals surface area contributed by atoms with E-state index >= 15 is 0 Å². The van der Waals surface area contributed by atoms with Crippen molar-refractivity contribution in [1.29, 1.82) is 0 Å². The number of rotatable bonds is 10. The number of Topliss-reactive ketones (excluding diaryl/α,β-unsaturated/α-hetero) is 1. The smallest absolute Gasteiger partial charge is 0.311 e. The molecule has 4 saturated heterocycles. The molecule has 0 unspecified atom stereocenters. The molecule has 17 nitrogen and oxygen atoms in total. The van der Waals surface area contributed by atoms with Crippen molar-refractivity contribution >= 4 is 17.7 Å². The van der Waals surface area contributed by atoms with Crippen LogP contribution in [-0.4, -0.2) is 186 Å². The molecule has 60 heavy (non-hydrogen) atoms. The Morgan fingerprint density at radius 2 is 1.50 bits per heavy atom. The van der Waals surface area contributed by atoms with Gasteiger partial charge in [-0.25, -0.2) is 0 Å². The zero-order valence-corrected chi connectivity index (χ0v) is 38.2. The van der Waals surface area contributed by atoms with Crippen LogP contribution >= 0.6 is 0 Å². The van der Waals surface area contributed by atoms with Crippen LogP contribution < -0.4 is 0 Å². The van der Waals surface area contributed by atoms with Gasteiger partial charge in [0.05, 0.1) is 73.4 Å². The lowest BCUT2D eigenvalue weighted by Gasteiger charge is -2.50. The minimum absolute atomic E-state index is 0.0456. The van der Waals surface area contributed by atoms with E-state index in [0.717, 1.165) is 0 Å². The van der Waals surface area contributed by atoms with E-state index in [1.165, 1.54) is 28.1 Å². The van der Waals surface area contributed by atoms with E-state index in [9.17, 15) is 34.8 Å². The summed E-state index contributed by atoms with van der Waals surface area (Å²) in [5.41, 5.74) is -4.42. The van der Waals surface area contributed by atoms with Crippen molar-refractivity contribution in [2.75, 3.05) is 54.1 Å². The SMILES string of the molecule is CC[C@H]1OC(=O)[C@H](C)[C@@H](O[C@H]2C[C@@](C)(OC)[C@@H](O)[C@H](C)O2)[C@H](C)[C@@H](O[C@@H]2O[C@H](C)C[C@H](N(C)C(=O)CN3CCOCC3)[C@H]2O)[C@@](C)(OC)C[C@@H](C)C(=O)[C@H](C)[C@@H](O)[C@]1(C)O. The number of cyclic esters (lactones) is 1. The van der Waals surface area contributed by atoms with Gasteiger partial charge in [0.15, 0.2) is 12.6 Å². The summed E-state index contributed by atoms with van der Waals surface area (Å²) >= 11 is 0. The third-order valence-corrected chi connectivity index (χ3v) is 14.0. The van der Waals surface area contributed by atoms with Gasteiger partial charge in [0.1, 0.15) is 29.7 Å². The Morgan fingerprint density at radius 3 is 2.08 bits per heavy atom. The van der Waals surface area contributed by atoms with E-state index in [1.807, 2.05) is 11.8 Å². The number of carbonyl (C=O) groups is 3. The van der Waals surface area contributed by atoms with Gasteiger partial charge in [-0.2, -0.15) is 0 Å². The number of esters is 1. The highest BCUT2D eigenvalue weighted by Crippen LogP contribution is 2.42. The maximum absolute atomic E-state index is 14.3. The number of aliphatic hydroxyl groups excluding tert-OH is 3. The van der Waals surface area contributed by atoms with Crippen molar-refractivity contribution in [3.8, 4) is 0 Å². The molecule has 0 aromatic rings. The number of nitrogens with zero attached hydrogens (tertiary/aromatic N) is 2. The number of carbonyl (C=O) groups excluding carboxylic acids is 3. The van der Waals surface area contributed by atoms with Crippen LogP contribution in [0.15, 0.2) is 0 Å². The van der Waals surface area contributed by atoms with E-state index in [0.29, 0.717) is 32.7 Å². The fourth-order valence-electron chi connectivity index (χ4n) is 9.70. The Labute approximate surface area is 356 Å². The quantitative estimate of drug-likeness (QED) is 0.230. The first-order chi connectivity index (χ1) is 28.0. The Bertz CT molecular complexity index is 1430. The Hall–Kier alpha value is -1.87. The predicted octanol–water partition coefficient (Wildman–Crippen LogP) is 1.67. The average molecular weight is 861 g/mol. The average Bonchev–Trinajstić information content (AvgIpc) is 3.21. The molecular formula is C43H76N2O15. The summed E-state index contributed by atoms with van der Waals surface area (Å²) in [5, 5.41) is 46.3. The van der Waals surface area contributed by atoms with Crippen LogP contribution in [0.5, 0.6) is 0 Å². The molecule has 4 heterocycles. The van der Waals surface area contributed by atoms with Crippen molar-refractivity contribution in [3.63, 3.8) is 0 Å². The standard InChI is InChI=1S/C43H76N2O15/c1-14-30-43(10,52)36(49)25(4)33(47)23(2)20-42(9,54-13)38(26(5)35(27(6)39(51)58-30)59-32-21-41(8,53-12)37(50)28(7)57-32)60-40-34(48)29(19-24(3)56-40)44(11)31(46)22-45-15-17-55-18-16-45/h23-30,32,34-38,40,48-50,52H,14-22H2,1-13H3/t23-,24-,25+,26+,27-,28+,29+,30-,32+,34-,35+,36-,37+,38-,40+,41-,42+,43-/m1/s1. The van der Waals surface area contributed by atoms with Gasteiger partial charge >= 0.3 is 5.97 Å². The number of ketones is 1. The van der Waals surface area contributed by atoms with E-state index in [-0.39, 0.29) is 37.5 Å². The van der Waals surface area contributed by atoms with Gasteiger partial charge in [0.25, 0.3) is 0 Å². The van der Waals surface area contributed by atoms with Gasteiger partial charge in [-0.1, -0.05) is 27.7 Å². The Morgan fingerprint density at radius 1 is 0.883 bits per heavy atom. The molecule has 0 spiro atoms. The second kappa shape index (κ2) is 20.8. The molecule has 0 aliphatic carbocycles. The first-order valence-corrected chi connectivity index (χ1v) is 21.7. The van der Waals surface area contributed by atoms with Crippen LogP contribution in [0.1, 0.15) is 94.9 Å². The molecule has 4 fully saturated rings. The lowest BCUT2D eigenvalue weighted by molar-refractivity contribution is -0.319. The fraction of sp³-hybridized carbons (Fsp3) is 0.930. The summed E-state index contributed by atoms with van der Waals surface area (Å²) in [6.07, 6.45) is -10.2. The van der Waals surface area contributed by atoms with Crippen LogP contribution in [0.4, 0.5) is 0 Å². The molecule has 4 aliphatic heterocycles. The number of ether oxygens (including phenoxy) is 8. The van der Waals surface area contributed by atoms with Crippen LogP contribution in [0.2, 0.25) is 0 Å². The molecule has 0 radical (unpaired) electrons. The van der Waals surface area contributed by atoms with Crippen molar-refractivity contribution in [2.24, 2.45) is 23.7 Å². The predicted molar refractivity (Wildman–Crippen MR) is 217 cm³/mol. The van der Waals surface area contributed by atoms with Gasteiger partial charge in [-0.05, 0) is 60.8 Å². The third-order valence-electron chi connectivity index (χ3n) is 14.0. The van der Waals surface area contributed by atoms with Crippen molar-refractivity contribution < 1.29 is 72.7 Å². The normalized spacial score (nSPS) is 45.7. The number of methoxy groups -OCH3 is 2. The third kappa shape index (κ3) is 11.1. The van der Waals surface area contributed by atoms with E-state index < -0.39 is 114 Å². The second-order valence-corrected chi connectivity index (χ2v) is 18.6. The summed E-state index contributed by atoms with van der Waals surface area (Å²) in [7, 11) is 4.62. The molecular weight excluding hydrogens is 784 g/mol. The fourth-order valence-corrected chi connectivity index (χ4v) is 9.70. The molecule has 4 rings (SSSR count). The first-order valence-electron chi connectivity index (χ1n) is 21.7. The van der Waals surface area contributed by atoms with E-state index in [4.69, 9.17) is 37.9 Å². The Kier molecular flexibility index (Phi) is 17.6. The second-order valence-electron chi connectivity index (χ2n) is 18.6. The highest BCUT2D eigenvalue weighted by molar-refractivity contribution is 5.83. The number of hydrogen-bond acceptors (Lipinski definition) is 16. The lowest BCUT2D eigenvalue weighted by atomic mass is 9.74. The van der Waals surface area contributed by atoms with Crippen molar-refractivity contribution in [1.82, 2.24) is 9.80 Å². The maximum atomic E-state index is 14.3. The van der Waals surface area contributed by atoms with E-state index in [1.54, 1.807) is 60.4 Å². The molecule has 4 N–H and O–H groups in total. The summed E-state index contributed by atoms with van der Waals surface area (Å²) < 4.78 is 49.7. The largest absolute Gasteiger partial charge is 0.459 e. The summed E-state index contributed by atoms with van der Waals surface area (Å²) in [6, 6.07) is -0.687. The molecule has 348 valence electrons. The maximum Gasteiger partial charge on any atom is 0.311 e. The molecule has 4 aliphatic rings. The van der Waals surface area contributed by atoms with Gasteiger partial charge in [0, 0.05) is 58.5 Å². The number of aliphatic hydroxyl groups is 4. The molecule has 18 atom stereocenters. The topological polar surface area (TPSA) is 212 Å². The highest BCUT2D eigenvalue weighted by Gasteiger charge is 2.54. The molecule has 0 aromatic carbocycles. The molecule has 17 heteroatoms. The van der Waals surface area contributed by atoms with Gasteiger partial charge in [-0.3, -0.25) is 19.3 Å². The van der Waals surface area contributed by atoms with Crippen LogP contribution in [-0.2, 0) is 52.3 Å². The molecule has 1 amide bonds. The van der Waals surface area contributed by atoms with Gasteiger partial charge in [-0.15, -0.1) is 0 Å². The number of hydrogen-bond donors (Lipinski definition) is 4. The molecule has 0 aromatic heterocycles. The zero-order valence-electron chi connectivity index (χ0n) is 38.2. The van der Waals surface area contributed by atoms with Crippen LogP contribution in [0, 0.1) is 23.7 Å². The summed E-state index contributed by atoms with van der Waals surface area (Å²) in [6.45, 7) is 19.2.